The molecule has 0 aromatic rings. The number of aliphatic hydroxyl groups excluding tert-OH is 1. The zero-order valence-electron chi connectivity index (χ0n) is 13.6. The summed E-state index contributed by atoms with van der Waals surface area (Å²) in [5.41, 5.74) is 0. The van der Waals surface area contributed by atoms with Gasteiger partial charge in [0.25, 0.3) is 0 Å². The third-order valence-corrected chi connectivity index (χ3v) is 5.29. The third-order valence-electron chi connectivity index (χ3n) is 5.29. The maximum absolute atomic E-state index is 9.95. The highest BCUT2D eigenvalue weighted by Gasteiger charge is 2.30. The minimum absolute atomic E-state index is 0.112. The zero-order chi connectivity index (χ0) is 14.5. The fourth-order valence-electron chi connectivity index (χ4n) is 3.56. The van der Waals surface area contributed by atoms with Gasteiger partial charge in [-0.1, -0.05) is 13.3 Å². The largest absolute Gasteiger partial charge is 0.393 e. The van der Waals surface area contributed by atoms with Gasteiger partial charge in [-0.05, 0) is 64.3 Å². The van der Waals surface area contributed by atoms with Crippen LogP contribution in [0, 0.1) is 11.8 Å². The topological polar surface area (TPSA) is 35.5 Å². The minimum Gasteiger partial charge on any atom is -0.393 e. The third kappa shape index (κ3) is 4.71. The van der Waals surface area contributed by atoms with E-state index >= 15 is 0 Å². The molecule has 1 aliphatic heterocycles. The molecule has 3 heteroatoms. The van der Waals surface area contributed by atoms with Gasteiger partial charge < -0.3 is 10.4 Å². The highest BCUT2D eigenvalue weighted by atomic mass is 16.3. The van der Waals surface area contributed by atoms with Crippen molar-refractivity contribution in [1.29, 1.82) is 0 Å². The number of hydrogen-bond acceptors (Lipinski definition) is 3. The average Bonchev–Trinajstić information content (AvgIpc) is 2.36. The first-order valence-corrected chi connectivity index (χ1v) is 8.74. The van der Waals surface area contributed by atoms with Crippen LogP contribution in [0.3, 0.4) is 0 Å². The fourth-order valence-corrected chi connectivity index (χ4v) is 3.56. The number of aliphatic hydroxyl groups is 1. The summed E-state index contributed by atoms with van der Waals surface area (Å²) >= 11 is 0. The van der Waals surface area contributed by atoms with Gasteiger partial charge in [-0.2, -0.15) is 0 Å². The smallest absolute Gasteiger partial charge is 0.0540 e. The molecule has 2 rings (SSSR count). The van der Waals surface area contributed by atoms with Gasteiger partial charge in [-0.15, -0.1) is 0 Å². The van der Waals surface area contributed by atoms with Crippen LogP contribution >= 0.6 is 0 Å². The molecule has 3 nitrogen and oxygen atoms in total. The molecule has 0 amide bonds. The quantitative estimate of drug-likeness (QED) is 0.753. The summed E-state index contributed by atoms with van der Waals surface area (Å²) < 4.78 is 0. The van der Waals surface area contributed by atoms with Crippen molar-refractivity contribution < 1.29 is 5.11 Å². The molecule has 3 atom stereocenters. The highest BCUT2D eigenvalue weighted by Crippen LogP contribution is 2.27. The summed E-state index contributed by atoms with van der Waals surface area (Å²) in [6, 6.07) is 1.24. The van der Waals surface area contributed by atoms with Crippen molar-refractivity contribution in [2.24, 2.45) is 11.8 Å². The first-order chi connectivity index (χ1) is 9.58. The van der Waals surface area contributed by atoms with E-state index in [1.54, 1.807) is 0 Å². The summed E-state index contributed by atoms with van der Waals surface area (Å²) in [5, 5.41) is 13.8. The van der Waals surface area contributed by atoms with Crippen LogP contribution < -0.4 is 5.32 Å². The van der Waals surface area contributed by atoms with E-state index in [2.05, 4.69) is 31.0 Å². The molecule has 1 saturated heterocycles. The summed E-state index contributed by atoms with van der Waals surface area (Å²) in [6.45, 7) is 10.2. The number of nitrogens with one attached hydrogen (secondary N) is 1. The molecular weight excluding hydrogens is 248 g/mol. The molecule has 3 unspecified atom stereocenters. The minimum atomic E-state index is -0.112. The van der Waals surface area contributed by atoms with Crippen LogP contribution in [0.2, 0.25) is 0 Å². The average molecular weight is 282 g/mol. The molecule has 0 radical (unpaired) electrons. The Kier molecular flexibility index (Phi) is 6.31. The number of hydrogen-bond donors (Lipinski definition) is 2. The summed E-state index contributed by atoms with van der Waals surface area (Å²) in [4.78, 5) is 2.59. The standard InChI is InChI=1S/C17H34N2O/c1-4-17(20)9-15-8-16(12-19(11-15)13(2)3)18-10-14-6-5-7-14/h13-18,20H,4-12H2,1-3H3. The molecule has 0 bridgehead atoms. The van der Waals surface area contributed by atoms with Gasteiger partial charge >= 0.3 is 0 Å². The second-order valence-electron chi connectivity index (χ2n) is 7.35. The Hall–Kier alpha value is -0.120. The number of piperidine rings is 1. The Bertz CT molecular complexity index is 278. The first-order valence-electron chi connectivity index (χ1n) is 8.74. The fraction of sp³-hybridized carbons (Fsp3) is 1.00. The maximum atomic E-state index is 9.95. The number of nitrogens with zero attached hydrogens (tertiary/aromatic N) is 1. The molecule has 20 heavy (non-hydrogen) atoms. The van der Waals surface area contributed by atoms with E-state index in [0.29, 0.717) is 18.0 Å². The van der Waals surface area contributed by atoms with Gasteiger partial charge in [0.1, 0.15) is 0 Å². The van der Waals surface area contributed by atoms with E-state index in [0.717, 1.165) is 25.3 Å². The number of likely N-dealkylation sites (tertiary alicyclic amines) is 1. The van der Waals surface area contributed by atoms with E-state index in [1.165, 1.54) is 38.8 Å². The monoisotopic (exact) mass is 282 g/mol. The highest BCUT2D eigenvalue weighted by molar-refractivity contribution is 4.87. The number of rotatable bonds is 7. The van der Waals surface area contributed by atoms with Crippen LogP contribution in [0.4, 0.5) is 0 Å². The van der Waals surface area contributed by atoms with Crippen LogP contribution in [-0.2, 0) is 0 Å². The van der Waals surface area contributed by atoms with Crippen molar-refractivity contribution in [2.45, 2.75) is 77.5 Å². The van der Waals surface area contributed by atoms with E-state index in [4.69, 9.17) is 0 Å². The van der Waals surface area contributed by atoms with Gasteiger partial charge in [-0.3, -0.25) is 4.90 Å². The van der Waals surface area contributed by atoms with E-state index in [9.17, 15) is 5.11 Å². The molecule has 0 aromatic carbocycles. The first kappa shape index (κ1) is 16.3. The van der Waals surface area contributed by atoms with Gasteiger partial charge in [0, 0.05) is 25.2 Å². The Morgan fingerprint density at radius 2 is 1.95 bits per heavy atom. The normalized spacial score (nSPS) is 30.4. The van der Waals surface area contributed by atoms with Crippen LogP contribution in [0.25, 0.3) is 0 Å². The Labute approximate surface area is 125 Å². The predicted molar refractivity (Wildman–Crippen MR) is 84.9 cm³/mol. The van der Waals surface area contributed by atoms with Crippen LogP contribution in [0.5, 0.6) is 0 Å². The summed E-state index contributed by atoms with van der Waals surface area (Å²) in [6.07, 6.45) is 7.27. The van der Waals surface area contributed by atoms with Crippen LogP contribution in [-0.4, -0.2) is 47.8 Å². The van der Waals surface area contributed by atoms with E-state index < -0.39 is 0 Å². The lowest BCUT2D eigenvalue weighted by atomic mass is 9.84. The second-order valence-corrected chi connectivity index (χ2v) is 7.35. The van der Waals surface area contributed by atoms with E-state index in [-0.39, 0.29) is 6.10 Å². The van der Waals surface area contributed by atoms with Crippen molar-refractivity contribution >= 4 is 0 Å². The Balaban J connectivity index is 1.82. The molecule has 2 fully saturated rings. The van der Waals surface area contributed by atoms with Crippen molar-refractivity contribution in [3.63, 3.8) is 0 Å². The van der Waals surface area contributed by atoms with E-state index in [1.807, 2.05) is 0 Å². The summed E-state index contributed by atoms with van der Waals surface area (Å²) in [7, 11) is 0. The van der Waals surface area contributed by atoms with Crippen molar-refractivity contribution in [2.75, 3.05) is 19.6 Å². The van der Waals surface area contributed by atoms with Crippen LogP contribution in [0.15, 0.2) is 0 Å². The molecule has 0 spiro atoms. The lowest BCUT2D eigenvalue weighted by Gasteiger charge is -2.41. The van der Waals surface area contributed by atoms with Crippen molar-refractivity contribution in [3.8, 4) is 0 Å². The SMILES string of the molecule is CCC(O)CC1CC(NCC2CCC2)CN(C(C)C)C1. The second kappa shape index (κ2) is 7.77. The lowest BCUT2D eigenvalue weighted by molar-refractivity contribution is 0.0674. The van der Waals surface area contributed by atoms with Gasteiger partial charge in [0.2, 0.25) is 0 Å². The van der Waals surface area contributed by atoms with Gasteiger partial charge in [0.05, 0.1) is 6.10 Å². The molecule has 2 aliphatic rings. The zero-order valence-corrected chi connectivity index (χ0v) is 13.6. The van der Waals surface area contributed by atoms with Crippen LogP contribution in [0.1, 0.15) is 59.3 Å². The molecule has 118 valence electrons. The molecular formula is C17H34N2O. The summed E-state index contributed by atoms with van der Waals surface area (Å²) in [5.74, 6) is 1.59. The predicted octanol–water partition coefficient (Wildman–Crippen LogP) is 2.64. The Morgan fingerprint density at radius 1 is 1.20 bits per heavy atom. The Morgan fingerprint density at radius 3 is 2.50 bits per heavy atom. The molecule has 1 saturated carbocycles. The molecule has 1 heterocycles. The van der Waals surface area contributed by atoms with Crippen molar-refractivity contribution in [1.82, 2.24) is 10.2 Å². The van der Waals surface area contributed by atoms with Gasteiger partial charge in [-0.25, -0.2) is 0 Å². The molecule has 0 aromatic heterocycles. The molecule has 2 N–H and O–H groups in total. The lowest BCUT2D eigenvalue weighted by Crippen LogP contribution is -2.52. The maximum Gasteiger partial charge on any atom is 0.0540 e. The van der Waals surface area contributed by atoms with Gasteiger partial charge in [0.15, 0.2) is 0 Å². The molecule has 1 aliphatic carbocycles. The van der Waals surface area contributed by atoms with Crippen molar-refractivity contribution in [3.05, 3.63) is 0 Å².